The number of fused-ring (bicyclic) bond motifs is 1. The SMILES string of the molecule is O=C(CCCCl)Nc1ccc2[nH]c(C(F)(F)F)cc2c1. The van der Waals surface area contributed by atoms with Gasteiger partial charge in [0.05, 0.1) is 0 Å². The lowest BCUT2D eigenvalue weighted by atomic mass is 10.2. The van der Waals surface area contributed by atoms with Gasteiger partial charge in [-0.2, -0.15) is 13.2 Å². The molecule has 0 radical (unpaired) electrons. The fraction of sp³-hybridized carbons (Fsp3) is 0.308. The summed E-state index contributed by atoms with van der Waals surface area (Å²) < 4.78 is 37.7. The minimum absolute atomic E-state index is 0.211. The average molecular weight is 305 g/mol. The smallest absolute Gasteiger partial charge is 0.351 e. The van der Waals surface area contributed by atoms with Crippen LogP contribution < -0.4 is 5.32 Å². The van der Waals surface area contributed by atoms with E-state index in [0.717, 1.165) is 6.07 Å². The lowest BCUT2D eigenvalue weighted by molar-refractivity contribution is -0.140. The molecule has 2 N–H and O–H groups in total. The van der Waals surface area contributed by atoms with Gasteiger partial charge in [0.1, 0.15) is 5.69 Å². The maximum Gasteiger partial charge on any atom is 0.431 e. The molecule has 2 rings (SSSR count). The molecule has 0 aliphatic carbocycles. The van der Waals surface area contributed by atoms with E-state index in [9.17, 15) is 18.0 Å². The number of alkyl halides is 4. The van der Waals surface area contributed by atoms with Crippen LogP contribution in [0.3, 0.4) is 0 Å². The van der Waals surface area contributed by atoms with E-state index in [1.807, 2.05) is 0 Å². The monoisotopic (exact) mass is 304 g/mol. The molecule has 0 spiro atoms. The summed E-state index contributed by atoms with van der Waals surface area (Å²) in [5, 5.41) is 3.02. The normalized spacial score (nSPS) is 11.8. The Balaban J connectivity index is 2.19. The Hall–Kier alpha value is -1.69. The van der Waals surface area contributed by atoms with Crippen LogP contribution in [0.5, 0.6) is 0 Å². The first-order valence-electron chi connectivity index (χ1n) is 5.96. The van der Waals surface area contributed by atoms with Crippen LogP contribution in [0.4, 0.5) is 18.9 Å². The average Bonchev–Trinajstić information content (AvgIpc) is 2.79. The Morgan fingerprint density at radius 2 is 2.05 bits per heavy atom. The van der Waals surface area contributed by atoms with Crippen LogP contribution in [0.1, 0.15) is 18.5 Å². The molecule has 0 fully saturated rings. The van der Waals surface area contributed by atoms with Gasteiger partial charge in [-0.15, -0.1) is 11.6 Å². The van der Waals surface area contributed by atoms with E-state index in [4.69, 9.17) is 11.6 Å². The van der Waals surface area contributed by atoms with E-state index >= 15 is 0 Å². The highest BCUT2D eigenvalue weighted by Crippen LogP contribution is 2.31. The molecule has 2 aromatic rings. The number of aromatic nitrogens is 1. The predicted molar refractivity (Wildman–Crippen MR) is 71.9 cm³/mol. The quantitative estimate of drug-likeness (QED) is 0.819. The van der Waals surface area contributed by atoms with Crippen molar-refractivity contribution in [3.05, 3.63) is 30.0 Å². The van der Waals surface area contributed by atoms with Crippen LogP contribution in [0.15, 0.2) is 24.3 Å². The van der Waals surface area contributed by atoms with Crippen molar-refractivity contribution >= 4 is 34.1 Å². The van der Waals surface area contributed by atoms with Crippen molar-refractivity contribution in [2.24, 2.45) is 0 Å². The van der Waals surface area contributed by atoms with E-state index < -0.39 is 11.9 Å². The number of carbonyl (C=O) groups excluding carboxylic acids is 1. The first-order chi connectivity index (χ1) is 9.40. The van der Waals surface area contributed by atoms with Crippen LogP contribution in [0.2, 0.25) is 0 Å². The number of nitrogens with one attached hydrogen (secondary N) is 2. The van der Waals surface area contributed by atoms with Gasteiger partial charge in [0.25, 0.3) is 0 Å². The summed E-state index contributed by atoms with van der Waals surface area (Å²) in [7, 11) is 0. The Morgan fingerprint density at radius 3 is 2.70 bits per heavy atom. The molecular weight excluding hydrogens is 293 g/mol. The summed E-state index contributed by atoms with van der Waals surface area (Å²) in [4.78, 5) is 13.8. The molecule has 1 aromatic carbocycles. The molecule has 0 aliphatic rings. The zero-order valence-electron chi connectivity index (χ0n) is 10.4. The molecule has 3 nitrogen and oxygen atoms in total. The van der Waals surface area contributed by atoms with Crippen LogP contribution >= 0.6 is 11.6 Å². The Kier molecular flexibility index (Phi) is 4.23. The lowest BCUT2D eigenvalue weighted by Crippen LogP contribution is -2.11. The van der Waals surface area contributed by atoms with Gasteiger partial charge in [0.2, 0.25) is 5.91 Å². The van der Waals surface area contributed by atoms with Crippen molar-refractivity contribution in [2.75, 3.05) is 11.2 Å². The molecule has 0 saturated carbocycles. The largest absolute Gasteiger partial charge is 0.431 e. The molecular formula is C13H12ClF3N2O. The maximum absolute atomic E-state index is 12.6. The Morgan fingerprint density at radius 1 is 1.30 bits per heavy atom. The second-order valence-corrected chi connectivity index (χ2v) is 4.70. The second-order valence-electron chi connectivity index (χ2n) is 4.32. The number of H-pyrrole nitrogens is 1. The van der Waals surface area contributed by atoms with Crippen LogP contribution in [0.25, 0.3) is 10.9 Å². The zero-order valence-corrected chi connectivity index (χ0v) is 11.1. The first-order valence-corrected chi connectivity index (χ1v) is 6.49. The van der Waals surface area contributed by atoms with E-state index in [1.54, 1.807) is 6.07 Å². The predicted octanol–water partition coefficient (Wildman–Crippen LogP) is 4.14. The number of hydrogen-bond acceptors (Lipinski definition) is 1. The summed E-state index contributed by atoms with van der Waals surface area (Å²) in [6.07, 6.45) is -3.58. The topological polar surface area (TPSA) is 44.9 Å². The third-order valence-corrected chi connectivity index (χ3v) is 3.01. The van der Waals surface area contributed by atoms with Crippen molar-refractivity contribution in [1.29, 1.82) is 0 Å². The standard InChI is InChI=1S/C13H12ClF3N2O/c14-5-1-2-12(20)18-9-3-4-10-8(6-9)7-11(19-10)13(15,16)17/h3-4,6-7,19H,1-2,5H2,(H,18,20). The van der Waals surface area contributed by atoms with Gasteiger partial charge in [-0.1, -0.05) is 0 Å². The first kappa shape index (κ1) is 14.7. The zero-order chi connectivity index (χ0) is 14.8. The Bertz CT molecular complexity index is 622. The molecule has 7 heteroatoms. The molecule has 0 atom stereocenters. The van der Waals surface area contributed by atoms with Crippen molar-refractivity contribution < 1.29 is 18.0 Å². The maximum atomic E-state index is 12.6. The highest BCUT2D eigenvalue weighted by molar-refractivity contribution is 6.18. The van der Waals surface area contributed by atoms with Gasteiger partial charge in [-0.05, 0) is 30.7 Å². The van der Waals surface area contributed by atoms with E-state index in [2.05, 4.69) is 10.3 Å². The number of rotatable bonds is 4. The van der Waals surface area contributed by atoms with Crippen LogP contribution in [-0.2, 0) is 11.0 Å². The van der Waals surface area contributed by atoms with E-state index in [0.29, 0.717) is 28.9 Å². The molecule has 20 heavy (non-hydrogen) atoms. The van der Waals surface area contributed by atoms with Gasteiger partial charge in [0.15, 0.2) is 0 Å². The molecule has 1 heterocycles. The summed E-state index contributed by atoms with van der Waals surface area (Å²) in [6.45, 7) is 0. The van der Waals surface area contributed by atoms with Gasteiger partial charge in [-0.25, -0.2) is 0 Å². The number of amides is 1. The van der Waals surface area contributed by atoms with Gasteiger partial charge in [-0.3, -0.25) is 4.79 Å². The third kappa shape index (κ3) is 3.45. The minimum Gasteiger partial charge on any atom is -0.351 e. The highest BCUT2D eigenvalue weighted by atomic mass is 35.5. The molecule has 0 aliphatic heterocycles. The molecule has 0 saturated heterocycles. The summed E-state index contributed by atoms with van der Waals surface area (Å²) in [5.41, 5.74) is 0.0268. The van der Waals surface area contributed by atoms with Crippen LogP contribution in [-0.4, -0.2) is 16.8 Å². The Labute approximate surface area is 118 Å². The van der Waals surface area contributed by atoms with Crippen molar-refractivity contribution in [1.82, 2.24) is 4.98 Å². The molecule has 0 unspecified atom stereocenters. The summed E-state index contributed by atoms with van der Waals surface area (Å²) in [5.74, 6) is 0.177. The van der Waals surface area contributed by atoms with Gasteiger partial charge >= 0.3 is 6.18 Å². The number of carbonyl (C=O) groups is 1. The van der Waals surface area contributed by atoms with Crippen molar-refractivity contribution in [3.63, 3.8) is 0 Å². The van der Waals surface area contributed by atoms with Crippen molar-refractivity contribution in [3.8, 4) is 0 Å². The molecule has 108 valence electrons. The number of hydrogen-bond donors (Lipinski definition) is 2. The fourth-order valence-electron chi connectivity index (χ4n) is 1.81. The number of aromatic amines is 1. The minimum atomic E-state index is -4.41. The number of halogens is 4. The highest BCUT2D eigenvalue weighted by Gasteiger charge is 2.32. The summed E-state index contributed by atoms with van der Waals surface area (Å²) >= 11 is 5.48. The fourth-order valence-corrected chi connectivity index (χ4v) is 1.95. The molecule has 0 bridgehead atoms. The van der Waals surface area contributed by atoms with E-state index in [1.165, 1.54) is 12.1 Å². The van der Waals surface area contributed by atoms with Gasteiger partial charge in [0, 0.05) is 28.9 Å². The van der Waals surface area contributed by atoms with Crippen LogP contribution in [0, 0.1) is 0 Å². The van der Waals surface area contributed by atoms with Crippen molar-refractivity contribution in [2.45, 2.75) is 19.0 Å². The van der Waals surface area contributed by atoms with E-state index in [-0.39, 0.29) is 12.3 Å². The summed E-state index contributed by atoms with van der Waals surface area (Å²) in [6, 6.07) is 5.57. The third-order valence-electron chi connectivity index (χ3n) is 2.75. The molecule has 1 aromatic heterocycles. The number of anilines is 1. The van der Waals surface area contributed by atoms with Gasteiger partial charge < -0.3 is 10.3 Å². The second kappa shape index (κ2) is 5.75. The lowest BCUT2D eigenvalue weighted by Gasteiger charge is -2.04. The molecule has 1 amide bonds. The number of benzene rings is 1.